The molecule has 0 radical (unpaired) electrons. The number of carbonyl (C=O) groups is 1. The predicted molar refractivity (Wildman–Crippen MR) is 104 cm³/mol. The van der Waals surface area contributed by atoms with E-state index in [-0.39, 0.29) is 18.1 Å². The van der Waals surface area contributed by atoms with Crippen molar-refractivity contribution >= 4 is 5.91 Å². The van der Waals surface area contributed by atoms with Crippen molar-refractivity contribution in [2.45, 2.75) is 45.6 Å². The number of carbonyl (C=O) groups excluding carboxylic acids is 1. The van der Waals surface area contributed by atoms with Gasteiger partial charge < -0.3 is 14.4 Å². The van der Waals surface area contributed by atoms with E-state index in [2.05, 4.69) is 11.2 Å². The first-order valence-electron chi connectivity index (χ1n) is 9.43. The van der Waals surface area contributed by atoms with Crippen molar-refractivity contribution in [2.75, 3.05) is 20.8 Å². The second-order valence-electron chi connectivity index (χ2n) is 7.19. The number of ether oxygens (including phenoxy) is 2. The zero-order valence-corrected chi connectivity index (χ0v) is 16.8. The summed E-state index contributed by atoms with van der Waals surface area (Å²) < 4.78 is 12.8. The molecule has 2 aromatic rings. The average Bonchev–Trinajstić information content (AvgIpc) is 3.04. The number of nitrogens with zero attached hydrogens (tertiary/aromatic N) is 4. The fourth-order valence-electron chi connectivity index (χ4n) is 3.64. The van der Waals surface area contributed by atoms with Crippen LogP contribution in [0.2, 0.25) is 0 Å². The molecule has 28 heavy (non-hydrogen) atoms. The van der Waals surface area contributed by atoms with Gasteiger partial charge in [-0.25, -0.2) is 0 Å². The molecule has 0 saturated carbocycles. The first-order valence-corrected chi connectivity index (χ1v) is 9.43. The summed E-state index contributed by atoms with van der Waals surface area (Å²) in [6.07, 6.45) is 0.546. The number of hydrogen-bond donors (Lipinski definition) is 0. The highest BCUT2D eigenvalue weighted by Gasteiger charge is 2.33. The van der Waals surface area contributed by atoms with E-state index >= 15 is 0 Å². The van der Waals surface area contributed by atoms with Gasteiger partial charge in [-0.2, -0.15) is 10.4 Å². The van der Waals surface area contributed by atoms with Crippen LogP contribution in [0.4, 0.5) is 0 Å². The van der Waals surface area contributed by atoms with Crippen molar-refractivity contribution in [3.8, 4) is 6.07 Å². The normalized spacial score (nSPS) is 18.4. The Morgan fingerprint density at radius 3 is 2.96 bits per heavy atom. The Morgan fingerprint density at radius 2 is 2.25 bits per heavy atom. The fraction of sp³-hybridized carbons (Fsp3) is 0.476. The molecule has 0 saturated heterocycles. The van der Waals surface area contributed by atoms with Gasteiger partial charge in [-0.05, 0) is 31.5 Å². The monoisotopic (exact) mass is 382 g/mol. The van der Waals surface area contributed by atoms with Crippen molar-refractivity contribution in [1.82, 2.24) is 14.7 Å². The molecule has 2 heterocycles. The third-order valence-corrected chi connectivity index (χ3v) is 4.93. The summed E-state index contributed by atoms with van der Waals surface area (Å²) in [4.78, 5) is 15.0. The number of amides is 1. The average molecular weight is 382 g/mol. The molecule has 7 heteroatoms. The second-order valence-corrected chi connectivity index (χ2v) is 7.19. The van der Waals surface area contributed by atoms with Gasteiger partial charge in [0.05, 0.1) is 42.7 Å². The van der Waals surface area contributed by atoms with Crippen molar-refractivity contribution < 1.29 is 14.3 Å². The summed E-state index contributed by atoms with van der Waals surface area (Å²) in [5, 5.41) is 13.8. The lowest BCUT2D eigenvalue weighted by atomic mass is 9.99. The Balaban J connectivity index is 1.91. The molecule has 1 aliphatic heterocycles. The molecule has 1 aliphatic rings. The van der Waals surface area contributed by atoms with Gasteiger partial charge >= 0.3 is 0 Å². The molecule has 3 rings (SSSR count). The van der Waals surface area contributed by atoms with E-state index in [1.54, 1.807) is 35.9 Å². The first-order chi connectivity index (χ1) is 13.4. The molecule has 0 aliphatic carbocycles. The smallest absolute Gasteiger partial charge is 0.272 e. The second kappa shape index (κ2) is 8.55. The Kier molecular flexibility index (Phi) is 6.12. The number of fused-ring (bicyclic) bond motifs is 1. The quantitative estimate of drug-likeness (QED) is 0.767. The lowest BCUT2D eigenvalue weighted by Gasteiger charge is -2.25. The molecular formula is C21H26N4O3. The van der Waals surface area contributed by atoms with Crippen LogP contribution in [-0.4, -0.2) is 47.5 Å². The third-order valence-electron chi connectivity index (χ3n) is 4.93. The largest absolute Gasteiger partial charge is 0.383 e. The highest BCUT2D eigenvalue weighted by molar-refractivity contribution is 5.94. The van der Waals surface area contributed by atoms with Gasteiger partial charge in [0.15, 0.2) is 0 Å². The summed E-state index contributed by atoms with van der Waals surface area (Å²) in [7, 11) is 3.40. The number of benzene rings is 1. The van der Waals surface area contributed by atoms with Gasteiger partial charge in [0, 0.05) is 32.7 Å². The highest BCUT2D eigenvalue weighted by atomic mass is 16.5. The summed E-state index contributed by atoms with van der Waals surface area (Å²) in [5.41, 5.74) is 3.90. The lowest BCUT2D eigenvalue weighted by Crippen LogP contribution is -2.31. The first kappa shape index (κ1) is 20.1. The molecule has 0 spiro atoms. The zero-order valence-electron chi connectivity index (χ0n) is 16.8. The van der Waals surface area contributed by atoms with E-state index in [4.69, 9.17) is 14.7 Å². The van der Waals surface area contributed by atoms with E-state index < -0.39 is 0 Å². The zero-order chi connectivity index (χ0) is 20.3. The van der Waals surface area contributed by atoms with Gasteiger partial charge in [-0.3, -0.25) is 9.48 Å². The standard InChI is InChI=1S/C21H26N4O3/c1-14-10-18-19(15(2)28-14)23-25(8-9-27-4)20(18)21(26)24(3)13-17-7-5-6-16(11-17)12-22/h5-7,11,14-15H,8-10,13H2,1-4H3/t14-,15+/m0/s1. The topological polar surface area (TPSA) is 80.4 Å². The van der Waals surface area contributed by atoms with E-state index in [1.165, 1.54) is 0 Å². The number of aromatic nitrogens is 2. The van der Waals surface area contributed by atoms with Crippen molar-refractivity contribution in [3.63, 3.8) is 0 Å². The minimum absolute atomic E-state index is 0.0340. The summed E-state index contributed by atoms with van der Waals surface area (Å²) >= 11 is 0. The molecule has 1 aromatic heterocycles. The van der Waals surface area contributed by atoms with Gasteiger partial charge in [0.1, 0.15) is 5.69 Å². The molecular weight excluding hydrogens is 356 g/mol. The minimum Gasteiger partial charge on any atom is -0.383 e. The van der Waals surface area contributed by atoms with E-state index in [0.29, 0.717) is 37.4 Å². The maximum Gasteiger partial charge on any atom is 0.272 e. The van der Waals surface area contributed by atoms with E-state index in [1.807, 2.05) is 26.0 Å². The van der Waals surface area contributed by atoms with Crippen LogP contribution in [0.3, 0.4) is 0 Å². The molecule has 148 valence electrons. The summed E-state index contributed by atoms with van der Waals surface area (Å²) in [6, 6.07) is 9.44. The van der Waals surface area contributed by atoms with Gasteiger partial charge in [0.2, 0.25) is 0 Å². The van der Waals surface area contributed by atoms with Crippen LogP contribution >= 0.6 is 0 Å². The molecule has 0 fully saturated rings. The maximum atomic E-state index is 13.4. The molecule has 1 amide bonds. The number of rotatable bonds is 6. The van der Waals surface area contributed by atoms with Crippen molar-refractivity contribution in [2.24, 2.45) is 0 Å². The molecule has 1 aromatic carbocycles. The molecule has 0 bridgehead atoms. The highest BCUT2D eigenvalue weighted by Crippen LogP contribution is 2.32. The van der Waals surface area contributed by atoms with Gasteiger partial charge in [-0.1, -0.05) is 12.1 Å². The van der Waals surface area contributed by atoms with Crippen LogP contribution in [0.1, 0.15) is 52.8 Å². The summed E-state index contributed by atoms with van der Waals surface area (Å²) in [5.74, 6) is -0.0893. The predicted octanol–water partition coefficient (Wildman–Crippen LogP) is 2.70. The van der Waals surface area contributed by atoms with Gasteiger partial charge in [0.25, 0.3) is 5.91 Å². The van der Waals surface area contributed by atoms with Crippen LogP contribution in [0.15, 0.2) is 24.3 Å². The van der Waals surface area contributed by atoms with E-state index in [9.17, 15) is 4.79 Å². The molecule has 0 N–H and O–H groups in total. The van der Waals surface area contributed by atoms with E-state index in [0.717, 1.165) is 16.8 Å². The number of nitriles is 1. The summed E-state index contributed by atoms with van der Waals surface area (Å²) in [6.45, 7) is 5.37. The van der Waals surface area contributed by atoms with Crippen LogP contribution < -0.4 is 0 Å². The Labute approximate surface area is 165 Å². The maximum absolute atomic E-state index is 13.4. The van der Waals surface area contributed by atoms with Crippen LogP contribution in [0.5, 0.6) is 0 Å². The molecule has 2 atom stereocenters. The molecule has 7 nitrogen and oxygen atoms in total. The minimum atomic E-state index is -0.147. The lowest BCUT2D eigenvalue weighted by molar-refractivity contribution is -0.00720. The van der Waals surface area contributed by atoms with Crippen molar-refractivity contribution in [1.29, 1.82) is 5.26 Å². The molecule has 0 unspecified atom stereocenters. The van der Waals surface area contributed by atoms with Crippen LogP contribution in [-0.2, 0) is 29.0 Å². The third kappa shape index (κ3) is 4.08. The van der Waals surface area contributed by atoms with Gasteiger partial charge in [-0.15, -0.1) is 0 Å². The fourth-order valence-corrected chi connectivity index (χ4v) is 3.64. The number of hydrogen-bond acceptors (Lipinski definition) is 5. The Hall–Kier alpha value is -2.69. The van der Waals surface area contributed by atoms with Crippen LogP contribution in [0.25, 0.3) is 0 Å². The Morgan fingerprint density at radius 1 is 1.46 bits per heavy atom. The number of methoxy groups -OCH3 is 1. The van der Waals surface area contributed by atoms with Crippen molar-refractivity contribution in [3.05, 3.63) is 52.3 Å². The Bertz CT molecular complexity index is 900. The SMILES string of the molecule is COCCn1nc2c(c1C(=O)N(C)Cc1cccc(C#N)c1)C[C@H](C)O[C@@H]2C. The van der Waals surface area contributed by atoms with Crippen LogP contribution in [0, 0.1) is 11.3 Å².